The summed E-state index contributed by atoms with van der Waals surface area (Å²) in [6.07, 6.45) is 0. The summed E-state index contributed by atoms with van der Waals surface area (Å²) in [5.74, 6) is -0.253. The topological polar surface area (TPSA) is 88.2 Å². The molecule has 1 heterocycles. The van der Waals surface area contributed by atoms with E-state index in [-0.39, 0.29) is 17.3 Å². The van der Waals surface area contributed by atoms with Crippen LogP contribution in [0.5, 0.6) is 0 Å². The van der Waals surface area contributed by atoms with Crippen molar-refractivity contribution in [3.05, 3.63) is 39.8 Å². The van der Waals surface area contributed by atoms with Gasteiger partial charge in [0, 0.05) is 17.5 Å². The Morgan fingerprint density at radius 2 is 2.05 bits per heavy atom. The predicted octanol–water partition coefficient (Wildman–Crippen LogP) is 2.20. The average molecular weight is 339 g/mol. The van der Waals surface area contributed by atoms with Crippen molar-refractivity contribution in [3.63, 3.8) is 0 Å². The number of amides is 1. The predicted molar refractivity (Wildman–Crippen MR) is 86.4 cm³/mol. The third-order valence-electron chi connectivity index (χ3n) is 2.95. The molecule has 22 heavy (non-hydrogen) atoms. The zero-order valence-corrected chi connectivity index (χ0v) is 14.1. The largest absolute Gasteiger partial charge is 0.326 e. The molecule has 0 spiro atoms. The zero-order valence-electron chi connectivity index (χ0n) is 12.5. The van der Waals surface area contributed by atoms with Crippen LogP contribution in [0.3, 0.4) is 0 Å². The fourth-order valence-corrected chi connectivity index (χ4v) is 3.80. The maximum absolute atomic E-state index is 12.3. The van der Waals surface area contributed by atoms with Gasteiger partial charge in [-0.2, -0.15) is 0 Å². The number of aromatic nitrogens is 1. The van der Waals surface area contributed by atoms with Crippen molar-refractivity contribution in [2.75, 3.05) is 5.32 Å². The molecule has 0 aliphatic rings. The van der Waals surface area contributed by atoms with E-state index in [1.807, 2.05) is 13.8 Å². The number of hydrogen-bond acceptors (Lipinski definition) is 5. The lowest BCUT2D eigenvalue weighted by molar-refractivity contribution is -0.114. The van der Waals surface area contributed by atoms with Crippen LogP contribution in [0.4, 0.5) is 5.69 Å². The molecule has 2 aromatic rings. The van der Waals surface area contributed by atoms with Gasteiger partial charge in [-0.15, -0.1) is 11.3 Å². The average Bonchev–Trinajstić information content (AvgIpc) is 2.75. The molecule has 0 unspecified atom stereocenters. The number of thiazole rings is 1. The third-order valence-corrected chi connectivity index (χ3v) is 5.42. The van der Waals surface area contributed by atoms with Crippen molar-refractivity contribution in [3.8, 4) is 0 Å². The lowest BCUT2D eigenvalue weighted by Crippen LogP contribution is -2.23. The highest BCUT2D eigenvalue weighted by molar-refractivity contribution is 7.89. The van der Waals surface area contributed by atoms with Crippen molar-refractivity contribution >= 4 is 33.0 Å². The molecule has 0 fully saturated rings. The number of sulfonamides is 1. The SMILES string of the molecule is CC(=O)Nc1cccc(S(=O)(=O)NCc2nc(C)c(C)s2)c1. The Hall–Kier alpha value is -1.77. The molecule has 8 heteroatoms. The molecule has 0 radical (unpaired) electrons. The molecule has 0 aliphatic heterocycles. The normalized spacial score (nSPS) is 11.4. The summed E-state index contributed by atoms with van der Waals surface area (Å²) >= 11 is 1.47. The molecule has 0 saturated heterocycles. The van der Waals surface area contributed by atoms with Crippen molar-refractivity contribution in [2.45, 2.75) is 32.2 Å². The molecule has 0 atom stereocenters. The van der Waals surface area contributed by atoms with Crippen LogP contribution in [0.1, 0.15) is 22.5 Å². The molecule has 6 nitrogen and oxygen atoms in total. The Bertz CT molecular complexity index is 778. The second-order valence-corrected chi connectivity index (χ2v) is 7.84. The minimum atomic E-state index is -3.65. The number of aryl methyl sites for hydroxylation is 2. The number of benzene rings is 1. The summed E-state index contributed by atoms with van der Waals surface area (Å²) in [5.41, 5.74) is 1.35. The van der Waals surface area contributed by atoms with E-state index in [9.17, 15) is 13.2 Å². The Morgan fingerprint density at radius 3 is 2.64 bits per heavy atom. The second kappa shape index (κ2) is 6.55. The van der Waals surface area contributed by atoms with E-state index >= 15 is 0 Å². The molecule has 1 aromatic heterocycles. The number of anilines is 1. The Kier molecular flexibility index (Phi) is 4.94. The first-order valence-electron chi connectivity index (χ1n) is 6.58. The number of carbonyl (C=O) groups excluding carboxylic acids is 1. The lowest BCUT2D eigenvalue weighted by atomic mass is 10.3. The van der Waals surface area contributed by atoms with Gasteiger partial charge in [-0.25, -0.2) is 18.1 Å². The molecule has 2 rings (SSSR count). The first-order chi connectivity index (χ1) is 10.3. The Labute approximate surface area is 133 Å². The summed E-state index contributed by atoms with van der Waals surface area (Å²) in [6, 6.07) is 6.11. The highest BCUT2D eigenvalue weighted by Gasteiger charge is 2.15. The van der Waals surface area contributed by atoms with Gasteiger partial charge in [0.05, 0.1) is 17.1 Å². The molecule has 1 aromatic carbocycles. The third kappa shape index (κ3) is 4.12. The number of nitrogens with zero attached hydrogens (tertiary/aromatic N) is 1. The van der Waals surface area contributed by atoms with Crippen LogP contribution >= 0.6 is 11.3 Å². The van der Waals surface area contributed by atoms with Crippen LogP contribution in [0, 0.1) is 13.8 Å². The van der Waals surface area contributed by atoms with E-state index in [0.717, 1.165) is 15.6 Å². The molecule has 0 aliphatic carbocycles. The minimum Gasteiger partial charge on any atom is -0.326 e. The van der Waals surface area contributed by atoms with Gasteiger partial charge in [-0.3, -0.25) is 4.79 Å². The Balaban J connectivity index is 2.14. The van der Waals surface area contributed by atoms with Gasteiger partial charge in [0.25, 0.3) is 0 Å². The summed E-state index contributed by atoms with van der Waals surface area (Å²) < 4.78 is 27.1. The van der Waals surface area contributed by atoms with E-state index in [4.69, 9.17) is 0 Å². The molecule has 1 amide bonds. The van der Waals surface area contributed by atoms with Crippen LogP contribution < -0.4 is 10.0 Å². The van der Waals surface area contributed by atoms with Gasteiger partial charge in [0.15, 0.2) is 0 Å². The summed E-state index contributed by atoms with van der Waals surface area (Å²) in [6.45, 7) is 5.35. The van der Waals surface area contributed by atoms with E-state index in [1.54, 1.807) is 12.1 Å². The van der Waals surface area contributed by atoms with Crippen LogP contribution in [-0.2, 0) is 21.4 Å². The van der Waals surface area contributed by atoms with Crippen LogP contribution in [0.25, 0.3) is 0 Å². The minimum absolute atomic E-state index is 0.101. The summed E-state index contributed by atoms with van der Waals surface area (Å²) in [7, 11) is -3.65. The lowest BCUT2D eigenvalue weighted by Gasteiger charge is -2.07. The van der Waals surface area contributed by atoms with Gasteiger partial charge < -0.3 is 5.32 Å². The van der Waals surface area contributed by atoms with Crippen LogP contribution in [0.15, 0.2) is 29.2 Å². The van der Waals surface area contributed by atoms with E-state index in [0.29, 0.717) is 5.69 Å². The van der Waals surface area contributed by atoms with Gasteiger partial charge in [0.1, 0.15) is 5.01 Å². The maximum atomic E-state index is 12.3. The standard InChI is InChI=1S/C14H17N3O3S2/c1-9-10(2)21-14(16-9)8-15-22(19,20)13-6-4-5-12(7-13)17-11(3)18/h4-7,15H,8H2,1-3H3,(H,17,18). The van der Waals surface area contributed by atoms with E-state index < -0.39 is 10.0 Å². The highest BCUT2D eigenvalue weighted by atomic mass is 32.2. The smallest absolute Gasteiger partial charge is 0.241 e. The summed E-state index contributed by atoms with van der Waals surface area (Å²) in [5, 5.41) is 3.28. The van der Waals surface area contributed by atoms with Crippen LogP contribution in [0.2, 0.25) is 0 Å². The van der Waals surface area contributed by atoms with Crippen molar-refractivity contribution in [2.24, 2.45) is 0 Å². The monoisotopic (exact) mass is 339 g/mol. The highest BCUT2D eigenvalue weighted by Crippen LogP contribution is 2.18. The van der Waals surface area contributed by atoms with Crippen molar-refractivity contribution < 1.29 is 13.2 Å². The van der Waals surface area contributed by atoms with Gasteiger partial charge in [-0.05, 0) is 32.0 Å². The molecule has 2 N–H and O–H groups in total. The number of nitrogens with one attached hydrogen (secondary N) is 2. The second-order valence-electron chi connectivity index (χ2n) is 4.78. The Morgan fingerprint density at radius 1 is 1.32 bits per heavy atom. The fourth-order valence-electron chi connectivity index (χ4n) is 1.80. The molecule has 118 valence electrons. The van der Waals surface area contributed by atoms with Crippen LogP contribution in [-0.4, -0.2) is 19.3 Å². The van der Waals surface area contributed by atoms with E-state index in [2.05, 4.69) is 15.0 Å². The van der Waals surface area contributed by atoms with E-state index in [1.165, 1.54) is 30.4 Å². The first kappa shape index (κ1) is 16.6. The van der Waals surface area contributed by atoms with Gasteiger partial charge in [-0.1, -0.05) is 6.07 Å². The van der Waals surface area contributed by atoms with Crippen molar-refractivity contribution in [1.82, 2.24) is 9.71 Å². The fraction of sp³-hybridized carbons (Fsp3) is 0.286. The molecule has 0 saturated carbocycles. The summed E-state index contributed by atoms with van der Waals surface area (Å²) in [4.78, 5) is 16.5. The zero-order chi connectivity index (χ0) is 16.3. The first-order valence-corrected chi connectivity index (χ1v) is 8.88. The quantitative estimate of drug-likeness (QED) is 0.874. The molecular formula is C14H17N3O3S2. The number of rotatable bonds is 5. The number of carbonyl (C=O) groups is 1. The maximum Gasteiger partial charge on any atom is 0.241 e. The molecule has 0 bridgehead atoms. The number of hydrogen-bond donors (Lipinski definition) is 2. The van der Waals surface area contributed by atoms with Crippen molar-refractivity contribution in [1.29, 1.82) is 0 Å². The van der Waals surface area contributed by atoms with Gasteiger partial charge >= 0.3 is 0 Å². The van der Waals surface area contributed by atoms with Gasteiger partial charge in [0.2, 0.25) is 15.9 Å². The molecular weight excluding hydrogens is 322 g/mol.